The third-order valence-corrected chi connectivity index (χ3v) is 3.82. The number of hydrogen-bond acceptors (Lipinski definition) is 3. The number of alkyl halides is 5. The standard InChI is InChI=1S/C18H21F5N2O2/c1-16(2,3)27-15(26)25-14-12-7-5-4-6-11(12)8-9-13(14)24-10-17(19,20)18(21,22)23/h4-9,13-14,24H,10H2,1-3H3,(H,25,26)/t13-,14-/m1/s1. The second-order valence-corrected chi connectivity index (χ2v) is 7.22. The van der Waals surface area contributed by atoms with E-state index < -0.39 is 42.4 Å². The van der Waals surface area contributed by atoms with Crippen molar-refractivity contribution in [3.05, 3.63) is 41.5 Å². The number of benzene rings is 1. The van der Waals surface area contributed by atoms with Crippen LogP contribution >= 0.6 is 0 Å². The topological polar surface area (TPSA) is 50.4 Å². The Labute approximate surface area is 153 Å². The van der Waals surface area contributed by atoms with Gasteiger partial charge in [-0.05, 0) is 31.9 Å². The second kappa shape index (κ2) is 7.46. The first-order chi connectivity index (χ1) is 12.3. The van der Waals surface area contributed by atoms with E-state index in [9.17, 15) is 26.7 Å². The Bertz CT molecular complexity index is 710. The highest BCUT2D eigenvalue weighted by Crippen LogP contribution is 2.35. The van der Waals surface area contributed by atoms with Crippen LogP contribution in [0.5, 0.6) is 0 Å². The van der Waals surface area contributed by atoms with Gasteiger partial charge in [0.15, 0.2) is 0 Å². The predicted molar refractivity (Wildman–Crippen MR) is 90.4 cm³/mol. The predicted octanol–water partition coefficient (Wildman–Crippen LogP) is 4.44. The molecule has 0 spiro atoms. The summed E-state index contributed by atoms with van der Waals surface area (Å²) >= 11 is 0. The molecule has 0 heterocycles. The SMILES string of the molecule is CC(C)(C)OC(=O)N[C@@H]1c2ccccc2C=C[C@H]1NCC(F)(F)C(F)(F)F. The van der Waals surface area contributed by atoms with E-state index in [0.717, 1.165) is 5.56 Å². The van der Waals surface area contributed by atoms with Crippen molar-refractivity contribution in [2.45, 2.75) is 50.6 Å². The monoisotopic (exact) mass is 392 g/mol. The normalized spacial score (nSPS) is 20.1. The van der Waals surface area contributed by atoms with Gasteiger partial charge in [-0.25, -0.2) is 4.79 Å². The zero-order chi connectivity index (χ0) is 20.5. The number of alkyl carbamates (subject to hydrolysis) is 1. The highest BCUT2D eigenvalue weighted by Gasteiger charge is 2.57. The molecule has 1 aromatic rings. The van der Waals surface area contributed by atoms with Crippen molar-refractivity contribution in [3.63, 3.8) is 0 Å². The lowest BCUT2D eigenvalue weighted by atomic mass is 9.89. The van der Waals surface area contributed by atoms with Crippen LogP contribution in [0.4, 0.5) is 26.7 Å². The summed E-state index contributed by atoms with van der Waals surface area (Å²) in [6.45, 7) is 3.35. The van der Waals surface area contributed by atoms with Crippen molar-refractivity contribution in [2.75, 3.05) is 6.54 Å². The highest BCUT2D eigenvalue weighted by molar-refractivity contribution is 5.70. The molecule has 4 nitrogen and oxygen atoms in total. The molecule has 2 N–H and O–H groups in total. The van der Waals surface area contributed by atoms with Crippen molar-refractivity contribution >= 4 is 12.2 Å². The molecular formula is C18H21F5N2O2. The van der Waals surface area contributed by atoms with Crippen molar-refractivity contribution in [1.29, 1.82) is 0 Å². The molecule has 2 atom stereocenters. The fraction of sp³-hybridized carbons (Fsp3) is 0.500. The molecule has 2 rings (SSSR count). The summed E-state index contributed by atoms with van der Waals surface area (Å²) in [6, 6.07) is 5.00. The summed E-state index contributed by atoms with van der Waals surface area (Å²) in [5, 5.41) is 4.76. The Hall–Kier alpha value is -2.16. The summed E-state index contributed by atoms with van der Waals surface area (Å²) in [5.74, 6) is -4.89. The second-order valence-electron chi connectivity index (χ2n) is 7.22. The minimum Gasteiger partial charge on any atom is -0.444 e. The van der Waals surface area contributed by atoms with Gasteiger partial charge in [0.05, 0.1) is 18.6 Å². The minimum absolute atomic E-state index is 0.582. The maximum Gasteiger partial charge on any atom is 0.454 e. The summed E-state index contributed by atoms with van der Waals surface area (Å²) in [6.07, 6.45) is -3.42. The Morgan fingerprint density at radius 2 is 1.74 bits per heavy atom. The number of halogens is 5. The first-order valence-corrected chi connectivity index (χ1v) is 8.25. The van der Waals surface area contributed by atoms with Crippen LogP contribution in [-0.2, 0) is 4.74 Å². The molecule has 0 fully saturated rings. The van der Waals surface area contributed by atoms with E-state index in [1.54, 1.807) is 51.1 Å². The van der Waals surface area contributed by atoms with E-state index in [0.29, 0.717) is 5.56 Å². The largest absolute Gasteiger partial charge is 0.454 e. The third-order valence-electron chi connectivity index (χ3n) is 3.82. The van der Waals surface area contributed by atoms with Crippen molar-refractivity contribution in [2.24, 2.45) is 0 Å². The van der Waals surface area contributed by atoms with Crippen LogP contribution in [0, 0.1) is 0 Å². The Kier molecular flexibility index (Phi) is 5.84. The summed E-state index contributed by atoms with van der Waals surface area (Å²) in [7, 11) is 0. The molecule has 1 aromatic carbocycles. The molecular weight excluding hydrogens is 371 g/mol. The van der Waals surface area contributed by atoms with Crippen LogP contribution in [0.2, 0.25) is 0 Å². The number of amides is 1. The zero-order valence-electron chi connectivity index (χ0n) is 15.0. The molecule has 0 saturated heterocycles. The highest BCUT2D eigenvalue weighted by atomic mass is 19.4. The van der Waals surface area contributed by atoms with Crippen molar-refractivity contribution < 1.29 is 31.5 Å². The lowest BCUT2D eigenvalue weighted by Gasteiger charge is -2.33. The maximum absolute atomic E-state index is 13.3. The van der Waals surface area contributed by atoms with Gasteiger partial charge in [-0.15, -0.1) is 0 Å². The molecule has 0 radical (unpaired) electrons. The van der Waals surface area contributed by atoms with Gasteiger partial charge in [-0.3, -0.25) is 0 Å². The molecule has 1 aliphatic carbocycles. The fourth-order valence-electron chi connectivity index (χ4n) is 2.59. The van der Waals surface area contributed by atoms with Gasteiger partial charge < -0.3 is 15.4 Å². The molecule has 9 heteroatoms. The molecule has 150 valence electrons. The molecule has 0 aromatic heterocycles. The Balaban J connectivity index is 2.21. The molecule has 0 aliphatic heterocycles. The third kappa shape index (κ3) is 5.41. The molecule has 1 aliphatic rings. The van der Waals surface area contributed by atoms with E-state index in [4.69, 9.17) is 4.74 Å². The summed E-state index contributed by atoms with van der Waals surface area (Å²) < 4.78 is 69.0. The van der Waals surface area contributed by atoms with Gasteiger partial charge >= 0.3 is 18.2 Å². The van der Waals surface area contributed by atoms with Crippen molar-refractivity contribution in [3.8, 4) is 0 Å². The van der Waals surface area contributed by atoms with Crippen LogP contribution < -0.4 is 10.6 Å². The van der Waals surface area contributed by atoms with Gasteiger partial charge in [-0.1, -0.05) is 36.4 Å². The fourth-order valence-corrected chi connectivity index (χ4v) is 2.59. The van der Waals surface area contributed by atoms with E-state index in [-0.39, 0.29) is 0 Å². The number of carbonyl (C=O) groups excluding carboxylic acids is 1. The number of rotatable bonds is 4. The van der Waals surface area contributed by atoms with E-state index in [2.05, 4.69) is 10.6 Å². The van der Waals surface area contributed by atoms with Gasteiger partial charge in [-0.2, -0.15) is 22.0 Å². The number of ether oxygens (including phenoxy) is 1. The summed E-state index contributed by atoms with van der Waals surface area (Å²) in [5.41, 5.74) is 0.512. The number of carbonyl (C=O) groups is 1. The van der Waals surface area contributed by atoms with Gasteiger partial charge in [0.1, 0.15) is 5.60 Å². The lowest BCUT2D eigenvalue weighted by Crippen LogP contribution is -2.52. The Morgan fingerprint density at radius 3 is 2.33 bits per heavy atom. The van der Waals surface area contributed by atoms with Crippen LogP contribution in [0.15, 0.2) is 30.3 Å². The molecule has 27 heavy (non-hydrogen) atoms. The average Bonchev–Trinajstić information content (AvgIpc) is 2.51. The molecule has 1 amide bonds. The van der Waals surface area contributed by atoms with Crippen LogP contribution in [0.3, 0.4) is 0 Å². The minimum atomic E-state index is -5.66. The molecule has 0 bridgehead atoms. The smallest absolute Gasteiger partial charge is 0.444 e. The zero-order valence-corrected chi connectivity index (χ0v) is 15.0. The van der Waals surface area contributed by atoms with Crippen LogP contribution in [0.1, 0.15) is 37.9 Å². The maximum atomic E-state index is 13.3. The van der Waals surface area contributed by atoms with E-state index in [1.165, 1.54) is 6.08 Å². The van der Waals surface area contributed by atoms with E-state index in [1.807, 2.05) is 0 Å². The average molecular weight is 392 g/mol. The number of nitrogens with one attached hydrogen (secondary N) is 2. The van der Waals surface area contributed by atoms with Gasteiger partial charge in [0.2, 0.25) is 0 Å². The first-order valence-electron chi connectivity index (χ1n) is 8.25. The molecule has 0 saturated carbocycles. The van der Waals surface area contributed by atoms with Crippen LogP contribution in [-0.4, -0.2) is 36.4 Å². The van der Waals surface area contributed by atoms with E-state index >= 15 is 0 Å². The van der Waals surface area contributed by atoms with Crippen LogP contribution in [0.25, 0.3) is 6.08 Å². The Morgan fingerprint density at radius 1 is 1.11 bits per heavy atom. The number of hydrogen-bond donors (Lipinski definition) is 2. The summed E-state index contributed by atoms with van der Waals surface area (Å²) in [4.78, 5) is 12.1. The van der Waals surface area contributed by atoms with Gasteiger partial charge in [0.25, 0.3) is 0 Å². The molecule has 0 unspecified atom stereocenters. The van der Waals surface area contributed by atoms with Gasteiger partial charge in [0, 0.05) is 0 Å². The number of fused-ring (bicyclic) bond motifs is 1. The first kappa shape index (κ1) is 21.1. The van der Waals surface area contributed by atoms with Crippen molar-refractivity contribution in [1.82, 2.24) is 10.6 Å². The lowest BCUT2D eigenvalue weighted by molar-refractivity contribution is -0.279. The quantitative estimate of drug-likeness (QED) is 0.745.